The van der Waals surface area contributed by atoms with E-state index in [9.17, 15) is 9.59 Å². The van der Waals surface area contributed by atoms with Gasteiger partial charge in [0.15, 0.2) is 5.76 Å². The molecule has 3 aromatic rings. The van der Waals surface area contributed by atoms with Crippen LogP contribution in [-0.4, -0.2) is 72.4 Å². The summed E-state index contributed by atoms with van der Waals surface area (Å²) in [4.78, 5) is 40.4. The Labute approximate surface area is 193 Å². The summed E-state index contributed by atoms with van der Waals surface area (Å²) in [7, 11) is 5.78. The lowest BCUT2D eigenvalue weighted by Crippen LogP contribution is -2.38. The topological polar surface area (TPSA) is 82.8 Å². The third-order valence-corrected chi connectivity index (χ3v) is 6.75. The van der Waals surface area contributed by atoms with Crippen molar-refractivity contribution >= 4 is 28.6 Å². The second-order valence-corrected chi connectivity index (χ2v) is 9.29. The van der Waals surface area contributed by atoms with E-state index >= 15 is 0 Å². The number of hydrogen-bond acceptors (Lipinski definition) is 6. The number of hydrogen-bond donors (Lipinski definition) is 0. The van der Waals surface area contributed by atoms with Crippen LogP contribution in [-0.2, 0) is 4.79 Å². The van der Waals surface area contributed by atoms with Crippen LogP contribution in [0, 0.1) is 0 Å². The SMILES string of the molecule is CN1C[C@@H](c2cc(N(C)C)nc(C3CCN(C(=O)c4cc5ccccc5o4)CC3)n2)CC1=O. The zero-order valence-corrected chi connectivity index (χ0v) is 19.3. The quantitative estimate of drug-likeness (QED) is 0.611. The van der Waals surface area contributed by atoms with Crippen molar-refractivity contribution in [2.45, 2.75) is 31.1 Å². The Hall–Kier alpha value is -3.42. The van der Waals surface area contributed by atoms with Gasteiger partial charge in [0.1, 0.15) is 17.2 Å². The molecule has 0 unspecified atom stereocenters. The Morgan fingerprint density at radius 2 is 1.85 bits per heavy atom. The predicted octanol–water partition coefficient (Wildman–Crippen LogP) is 3.25. The van der Waals surface area contributed by atoms with Gasteiger partial charge in [-0.1, -0.05) is 18.2 Å². The lowest BCUT2D eigenvalue weighted by atomic mass is 9.95. The number of carbonyl (C=O) groups is 2. The van der Waals surface area contributed by atoms with Crippen molar-refractivity contribution in [3.05, 3.63) is 53.7 Å². The van der Waals surface area contributed by atoms with Gasteiger partial charge in [0, 0.05) is 70.5 Å². The van der Waals surface area contributed by atoms with Crippen molar-refractivity contribution in [2.24, 2.45) is 0 Å². The largest absolute Gasteiger partial charge is 0.451 e. The Morgan fingerprint density at radius 1 is 1.09 bits per heavy atom. The first-order chi connectivity index (χ1) is 15.9. The molecule has 2 aliphatic rings. The van der Waals surface area contributed by atoms with Crippen LogP contribution < -0.4 is 4.90 Å². The van der Waals surface area contributed by atoms with E-state index in [2.05, 4.69) is 0 Å². The zero-order chi connectivity index (χ0) is 23.1. The van der Waals surface area contributed by atoms with Crippen LogP contribution >= 0.6 is 0 Å². The molecule has 2 amide bonds. The molecule has 5 rings (SSSR count). The Bertz CT molecular complexity index is 1160. The summed E-state index contributed by atoms with van der Waals surface area (Å²) in [5.74, 6) is 2.42. The third-order valence-electron chi connectivity index (χ3n) is 6.75. The highest BCUT2D eigenvalue weighted by atomic mass is 16.3. The number of fused-ring (bicyclic) bond motifs is 1. The van der Waals surface area contributed by atoms with Gasteiger partial charge in [-0.05, 0) is 25.0 Å². The molecule has 0 aliphatic carbocycles. The van der Waals surface area contributed by atoms with Crippen molar-refractivity contribution in [1.29, 1.82) is 0 Å². The number of rotatable bonds is 4. The second-order valence-electron chi connectivity index (χ2n) is 9.29. The average molecular weight is 448 g/mol. The minimum absolute atomic E-state index is 0.0687. The molecule has 2 fully saturated rings. The van der Waals surface area contributed by atoms with Crippen LogP contribution in [0.4, 0.5) is 5.82 Å². The summed E-state index contributed by atoms with van der Waals surface area (Å²) in [5, 5.41) is 0.938. The van der Waals surface area contributed by atoms with Crippen LogP contribution in [0.2, 0.25) is 0 Å². The van der Waals surface area contributed by atoms with Crippen LogP contribution in [0.3, 0.4) is 0 Å². The molecular weight excluding hydrogens is 418 g/mol. The number of anilines is 1. The summed E-state index contributed by atoms with van der Waals surface area (Å²) in [6.07, 6.45) is 2.09. The average Bonchev–Trinajstić information content (AvgIpc) is 3.41. The molecule has 0 radical (unpaired) electrons. The first-order valence-electron chi connectivity index (χ1n) is 11.5. The number of carbonyl (C=O) groups excluding carboxylic acids is 2. The van der Waals surface area contributed by atoms with Crippen molar-refractivity contribution in [1.82, 2.24) is 19.8 Å². The predicted molar refractivity (Wildman–Crippen MR) is 125 cm³/mol. The minimum atomic E-state index is -0.0687. The maximum atomic E-state index is 13.0. The number of amides is 2. The summed E-state index contributed by atoms with van der Waals surface area (Å²) in [6.45, 7) is 1.96. The standard InChI is InChI=1S/C25H29N5O3/c1-28(2)22-14-19(18-13-23(31)29(3)15-18)26-24(27-22)16-8-10-30(11-9-16)25(32)21-12-17-6-4-5-7-20(17)33-21/h4-7,12,14,16,18H,8-11,13,15H2,1-3H3/t18-/m0/s1. The second kappa shape index (κ2) is 8.50. The maximum absolute atomic E-state index is 13.0. The van der Waals surface area contributed by atoms with Crippen molar-refractivity contribution < 1.29 is 14.0 Å². The molecule has 0 N–H and O–H groups in total. The highest BCUT2D eigenvalue weighted by molar-refractivity contribution is 5.96. The molecule has 33 heavy (non-hydrogen) atoms. The van der Waals surface area contributed by atoms with Crippen LogP contribution in [0.15, 0.2) is 40.8 Å². The Balaban J connectivity index is 1.32. The smallest absolute Gasteiger partial charge is 0.289 e. The van der Waals surface area contributed by atoms with Crippen molar-refractivity contribution in [2.75, 3.05) is 45.7 Å². The van der Waals surface area contributed by atoms with Gasteiger partial charge in [0.2, 0.25) is 5.91 Å². The highest BCUT2D eigenvalue weighted by Crippen LogP contribution is 2.32. The summed E-state index contributed by atoms with van der Waals surface area (Å²) < 4.78 is 5.77. The molecule has 2 aromatic heterocycles. The summed E-state index contributed by atoms with van der Waals surface area (Å²) in [6, 6.07) is 11.5. The lowest BCUT2D eigenvalue weighted by Gasteiger charge is -2.31. The van der Waals surface area contributed by atoms with E-state index in [4.69, 9.17) is 14.4 Å². The molecule has 4 heterocycles. The molecule has 2 saturated heterocycles. The molecule has 1 atom stereocenters. The number of aromatic nitrogens is 2. The Kier molecular flexibility index (Phi) is 5.52. The van der Waals surface area contributed by atoms with E-state index in [-0.39, 0.29) is 23.7 Å². The number of para-hydroxylation sites is 1. The number of benzene rings is 1. The molecule has 172 valence electrons. The van der Waals surface area contributed by atoms with Gasteiger partial charge in [-0.2, -0.15) is 0 Å². The molecule has 0 spiro atoms. The number of likely N-dealkylation sites (N-methyl/N-ethyl adjacent to an activating group) is 1. The first kappa shape index (κ1) is 21.4. The molecule has 8 heteroatoms. The van der Waals surface area contributed by atoms with E-state index < -0.39 is 0 Å². The van der Waals surface area contributed by atoms with Gasteiger partial charge in [0.05, 0.1) is 5.69 Å². The van der Waals surface area contributed by atoms with E-state index in [1.54, 1.807) is 4.90 Å². The normalized spacial score (nSPS) is 19.5. The molecule has 0 saturated carbocycles. The number of nitrogens with zero attached hydrogens (tertiary/aromatic N) is 5. The zero-order valence-electron chi connectivity index (χ0n) is 19.3. The number of piperidine rings is 1. The molecule has 8 nitrogen and oxygen atoms in total. The monoisotopic (exact) mass is 447 g/mol. The number of likely N-dealkylation sites (tertiary alicyclic amines) is 2. The molecule has 0 bridgehead atoms. The van der Waals surface area contributed by atoms with Crippen LogP contribution in [0.25, 0.3) is 11.0 Å². The molecule has 1 aromatic carbocycles. The van der Waals surface area contributed by atoms with Crippen molar-refractivity contribution in [3.63, 3.8) is 0 Å². The van der Waals surface area contributed by atoms with Crippen molar-refractivity contribution in [3.8, 4) is 0 Å². The fourth-order valence-electron chi connectivity index (χ4n) is 4.74. The summed E-state index contributed by atoms with van der Waals surface area (Å²) in [5.41, 5.74) is 1.66. The van der Waals surface area contributed by atoms with E-state index in [1.165, 1.54) is 0 Å². The van der Waals surface area contributed by atoms with E-state index in [0.29, 0.717) is 31.8 Å². The van der Waals surface area contributed by atoms with E-state index in [0.717, 1.165) is 41.1 Å². The van der Waals surface area contributed by atoms with E-state index in [1.807, 2.05) is 67.3 Å². The van der Waals surface area contributed by atoms with Gasteiger partial charge >= 0.3 is 0 Å². The number of furan rings is 1. The third kappa shape index (κ3) is 4.17. The van der Waals surface area contributed by atoms with Crippen LogP contribution in [0.1, 0.15) is 53.2 Å². The fraction of sp³-hybridized carbons (Fsp3) is 0.440. The highest BCUT2D eigenvalue weighted by Gasteiger charge is 2.32. The summed E-state index contributed by atoms with van der Waals surface area (Å²) >= 11 is 0. The maximum Gasteiger partial charge on any atom is 0.289 e. The van der Waals surface area contributed by atoms with Gasteiger partial charge in [-0.3, -0.25) is 9.59 Å². The van der Waals surface area contributed by atoms with Gasteiger partial charge in [-0.25, -0.2) is 9.97 Å². The van der Waals surface area contributed by atoms with Gasteiger partial charge < -0.3 is 19.1 Å². The first-order valence-corrected chi connectivity index (χ1v) is 11.5. The minimum Gasteiger partial charge on any atom is -0.451 e. The molecule has 2 aliphatic heterocycles. The Morgan fingerprint density at radius 3 is 2.52 bits per heavy atom. The fourth-order valence-corrected chi connectivity index (χ4v) is 4.74. The molecular formula is C25H29N5O3. The van der Waals surface area contributed by atoms with Crippen LogP contribution in [0.5, 0.6) is 0 Å². The van der Waals surface area contributed by atoms with Gasteiger partial charge in [0.25, 0.3) is 5.91 Å². The van der Waals surface area contributed by atoms with Gasteiger partial charge in [-0.15, -0.1) is 0 Å². The lowest BCUT2D eigenvalue weighted by molar-refractivity contribution is -0.126.